The first kappa shape index (κ1) is 16.4. The minimum atomic E-state index is -0.388. The fourth-order valence-corrected chi connectivity index (χ4v) is 2.99. The van der Waals surface area contributed by atoms with E-state index in [-0.39, 0.29) is 22.6 Å². The highest BCUT2D eigenvalue weighted by molar-refractivity contribution is 7.13. The van der Waals surface area contributed by atoms with Gasteiger partial charge in [0.1, 0.15) is 5.75 Å². The van der Waals surface area contributed by atoms with Crippen molar-refractivity contribution < 1.29 is 14.8 Å². The van der Waals surface area contributed by atoms with Gasteiger partial charge in [0.25, 0.3) is 0 Å². The van der Waals surface area contributed by atoms with Crippen LogP contribution in [0.3, 0.4) is 0 Å². The van der Waals surface area contributed by atoms with Gasteiger partial charge < -0.3 is 9.84 Å². The van der Waals surface area contributed by atoms with Crippen LogP contribution in [0.5, 0.6) is 5.75 Å². The zero-order valence-corrected chi connectivity index (χ0v) is 13.2. The first-order chi connectivity index (χ1) is 10.5. The summed E-state index contributed by atoms with van der Waals surface area (Å²) in [7, 11) is 3.49. The fourth-order valence-electron chi connectivity index (χ4n) is 2.26. The molecule has 0 aliphatic carbocycles. The third-order valence-corrected chi connectivity index (χ3v) is 4.39. The molecule has 6 nitrogen and oxygen atoms in total. The summed E-state index contributed by atoms with van der Waals surface area (Å²) in [6.45, 7) is 0.497. The van der Waals surface area contributed by atoms with Crippen LogP contribution in [0.15, 0.2) is 35.7 Å². The van der Waals surface area contributed by atoms with Crippen molar-refractivity contribution in [3.8, 4) is 5.75 Å². The van der Waals surface area contributed by atoms with Crippen LogP contribution >= 0.6 is 11.3 Å². The minimum Gasteiger partial charge on any atom is -0.497 e. The van der Waals surface area contributed by atoms with Gasteiger partial charge in [-0.2, -0.15) is 0 Å². The highest BCUT2D eigenvalue weighted by atomic mass is 32.1. The standard InChI is InChI=1S/C15H18N2O4S/c1-16(8-11-7-15(17(19)20)22-10-11)14(9-18)12-3-5-13(21-2)6-4-12/h3-7,10,14,18H,8-9H2,1-2H3. The number of nitrogens with zero attached hydrogens (tertiary/aromatic N) is 2. The molecule has 0 fully saturated rings. The average Bonchev–Trinajstić information content (AvgIpc) is 2.97. The molecule has 0 spiro atoms. The molecule has 0 radical (unpaired) electrons. The molecule has 7 heteroatoms. The van der Waals surface area contributed by atoms with Gasteiger partial charge >= 0.3 is 5.00 Å². The van der Waals surface area contributed by atoms with Gasteiger partial charge in [-0.1, -0.05) is 23.5 Å². The molecule has 1 aromatic heterocycles. The predicted octanol–water partition coefficient (Wildman–Crippen LogP) is 2.83. The summed E-state index contributed by atoms with van der Waals surface area (Å²) in [5.41, 5.74) is 1.83. The van der Waals surface area contributed by atoms with Crippen LogP contribution in [0.4, 0.5) is 5.00 Å². The van der Waals surface area contributed by atoms with E-state index in [1.54, 1.807) is 18.6 Å². The Kier molecular flexibility index (Phi) is 5.48. The van der Waals surface area contributed by atoms with Crippen LogP contribution in [0.2, 0.25) is 0 Å². The van der Waals surface area contributed by atoms with Crippen LogP contribution in [0.1, 0.15) is 17.2 Å². The summed E-state index contributed by atoms with van der Waals surface area (Å²) in [6, 6.07) is 8.91. The van der Waals surface area contributed by atoms with E-state index in [2.05, 4.69) is 0 Å². The number of likely N-dealkylation sites (N-methyl/N-ethyl adjacent to an activating group) is 1. The fraction of sp³-hybridized carbons (Fsp3) is 0.333. The zero-order chi connectivity index (χ0) is 16.1. The third kappa shape index (κ3) is 3.82. The molecule has 1 unspecified atom stereocenters. The molecule has 118 valence electrons. The number of hydrogen-bond acceptors (Lipinski definition) is 6. The van der Waals surface area contributed by atoms with E-state index in [9.17, 15) is 15.2 Å². The van der Waals surface area contributed by atoms with E-state index >= 15 is 0 Å². The first-order valence-electron chi connectivity index (χ1n) is 6.72. The zero-order valence-electron chi connectivity index (χ0n) is 12.4. The quantitative estimate of drug-likeness (QED) is 0.626. The summed E-state index contributed by atoms with van der Waals surface area (Å²) < 4.78 is 5.13. The van der Waals surface area contributed by atoms with Gasteiger partial charge in [0.05, 0.1) is 24.7 Å². The van der Waals surface area contributed by atoms with E-state index in [1.807, 2.05) is 36.2 Å². The van der Waals surface area contributed by atoms with E-state index < -0.39 is 0 Å². The second-order valence-electron chi connectivity index (χ2n) is 4.94. The number of hydrogen-bond donors (Lipinski definition) is 1. The minimum absolute atomic E-state index is 0.0327. The molecule has 1 N–H and O–H groups in total. The number of nitro groups is 1. The maximum atomic E-state index is 10.7. The number of aliphatic hydroxyl groups is 1. The number of rotatable bonds is 7. The summed E-state index contributed by atoms with van der Waals surface area (Å²) in [5.74, 6) is 0.761. The molecule has 0 aliphatic rings. The number of methoxy groups -OCH3 is 1. The molecular weight excluding hydrogens is 304 g/mol. The second-order valence-corrected chi connectivity index (χ2v) is 5.83. The Balaban J connectivity index is 2.09. The molecule has 1 aromatic carbocycles. The Hall–Kier alpha value is -1.96. The van der Waals surface area contributed by atoms with Gasteiger partial charge in [0, 0.05) is 18.0 Å². The van der Waals surface area contributed by atoms with Crippen molar-refractivity contribution in [3.63, 3.8) is 0 Å². The Labute approximate surface area is 132 Å². The maximum absolute atomic E-state index is 10.7. The number of thiophene rings is 1. The SMILES string of the molecule is COc1ccc(C(CO)N(C)Cc2csc([N+](=O)[O-])c2)cc1. The number of ether oxygens (including phenoxy) is 1. The normalized spacial score (nSPS) is 12.4. The third-order valence-electron chi connectivity index (χ3n) is 3.46. The lowest BCUT2D eigenvalue weighted by atomic mass is 10.1. The molecule has 0 bridgehead atoms. The molecule has 1 heterocycles. The highest BCUT2D eigenvalue weighted by Gasteiger charge is 2.18. The van der Waals surface area contributed by atoms with Crippen molar-refractivity contribution >= 4 is 16.3 Å². The molecular formula is C15H18N2O4S. The van der Waals surface area contributed by atoms with Crippen LogP contribution in [0.25, 0.3) is 0 Å². The molecule has 0 amide bonds. The van der Waals surface area contributed by atoms with Crippen molar-refractivity contribution in [2.75, 3.05) is 20.8 Å². The molecule has 2 rings (SSSR count). The van der Waals surface area contributed by atoms with Gasteiger partial charge in [-0.15, -0.1) is 0 Å². The molecule has 0 saturated carbocycles. The van der Waals surface area contributed by atoms with Crippen LogP contribution in [-0.2, 0) is 6.54 Å². The molecule has 22 heavy (non-hydrogen) atoms. The van der Waals surface area contributed by atoms with Gasteiger partial charge in [-0.3, -0.25) is 15.0 Å². The van der Waals surface area contributed by atoms with Crippen molar-refractivity contribution in [1.29, 1.82) is 0 Å². The highest BCUT2D eigenvalue weighted by Crippen LogP contribution is 2.27. The number of aliphatic hydroxyl groups excluding tert-OH is 1. The Morgan fingerprint density at radius 2 is 2.09 bits per heavy atom. The Bertz CT molecular complexity index is 627. The average molecular weight is 322 g/mol. The molecule has 2 aromatic rings. The topological polar surface area (TPSA) is 75.8 Å². The lowest BCUT2D eigenvalue weighted by Crippen LogP contribution is -2.26. The van der Waals surface area contributed by atoms with E-state index in [0.29, 0.717) is 6.54 Å². The van der Waals surface area contributed by atoms with Gasteiger partial charge in [-0.25, -0.2) is 0 Å². The van der Waals surface area contributed by atoms with Gasteiger partial charge in [0.15, 0.2) is 0 Å². The van der Waals surface area contributed by atoms with Gasteiger partial charge in [-0.05, 0) is 30.3 Å². The largest absolute Gasteiger partial charge is 0.497 e. The molecule has 1 atom stereocenters. The molecule has 0 aliphatic heterocycles. The Morgan fingerprint density at radius 3 is 2.59 bits per heavy atom. The lowest BCUT2D eigenvalue weighted by molar-refractivity contribution is -0.380. The summed E-state index contributed by atoms with van der Waals surface area (Å²) in [4.78, 5) is 12.3. The second kappa shape index (κ2) is 7.35. The summed E-state index contributed by atoms with van der Waals surface area (Å²) >= 11 is 1.11. The van der Waals surface area contributed by atoms with Crippen molar-refractivity contribution in [2.45, 2.75) is 12.6 Å². The Morgan fingerprint density at radius 1 is 1.41 bits per heavy atom. The monoisotopic (exact) mass is 322 g/mol. The van der Waals surface area contributed by atoms with Crippen molar-refractivity contribution in [3.05, 3.63) is 57.0 Å². The molecule has 0 saturated heterocycles. The van der Waals surface area contributed by atoms with Crippen LogP contribution in [0, 0.1) is 10.1 Å². The smallest absolute Gasteiger partial charge is 0.324 e. The van der Waals surface area contributed by atoms with E-state index in [4.69, 9.17) is 4.74 Å². The van der Waals surface area contributed by atoms with Crippen molar-refractivity contribution in [1.82, 2.24) is 4.90 Å². The van der Waals surface area contributed by atoms with Gasteiger partial charge in [0.2, 0.25) is 0 Å². The summed E-state index contributed by atoms with van der Waals surface area (Å²) in [5, 5.41) is 22.3. The number of benzene rings is 1. The summed E-state index contributed by atoms with van der Waals surface area (Å²) in [6.07, 6.45) is 0. The lowest BCUT2D eigenvalue weighted by Gasteiger charge is -2.26. The van der Waals surface area contributed by atoms with Crippen LogP contribution in [-0.4, -0.2) is 35.7 Å². The maximum Gasteiger partial charge on any atom is 0.324 e. The van der Waals surface area contributed by atoms with Crippen molar-refractivity contribution in [2.24, 2.45) is 0 Å². The predicted molar refractivity (Wildman–Crippen MR) is 85.3 cm³/mol. The first-order valence-corrected chi connectivity index (χ1v) is 7.60. The van der Waals surface area contributed by atoms with Crippen LogP contribution < -0.4 is 4.74 Å². The van der Waals surface area contributed by atoms with E-state index in [0.717, 1.165) is 28.2 Å². The van der Waals surface area contributed by atoms with E-state index in [1.165, 1.54) is 0 Å².